The van der Waals surface area contributed by atoms with Gasteiger partial charge in [0.15, 0.2) is 5.65 Å². The van der Waals surface area contributed by atoms with Crippen LogP contribution in [0.3, 0.4) is 0 Å². The fraction of sp³-hybridized carbons (Fsp3) is 0.458. The van der Waals surface area contributed by atoms with E-state index in [0.29, 0.717) is 17.9 Å². The highest BCUT2D eigenvalue weighted by molar-refractivity contribution is 5.94. The van der Waals surface area contributed by atoms with Gasteiger partial charge in [-0.3, -0.25) is 4.79 Å². The van der Waals surface area contributed by atoms with Gasteiger partial charge in [-0.2, -0.15) is 5.10 Å². The van der Waals surface area contributed by atoms with Crippen LogP contribution in [0, 0.1) is 0 Å². The van der Waals surface area contributed by atoms with Gasteiger partial charge >= 0.3 is 0 Å². The number of ether oxygens (including phenoxy) is 1. The maximum absolute atomic E-state index is 13.0. The normalized spacial score (nSPS) is 11.6. The molecule has 160 valence electrons. The van der Waals surface area contributed by atoms with E-state index >= 15 is 0 Å². The van der Waals surface area contributed by atoms with Crippen molar-refractivity contribution in [3.8, 4) is 17.0 Å². The molecule has 0 aliphatic carbocycles. The molecule has 2 aromatic heterocycles. The van der Waals surface area contributed by atoms with Crippen molar-refractivity contribution in [1.29, 1.82) is 0 Å². The Morgan fingerprint density at radius 3 is 2.47 bits per heavy atom. The highest BCUT2D eigenvalue weighted by Gasteiger charge is 2.22. The number of amides is 1. The third-order valence-corrected chi connectivity index (χ3v) is 5.13. The number of hydrogen-bond donors (Lipinski definition) is 1. The lowest BCUT2D eigenvalue weighted by Gasteiger charge is -2.13. The summed E-state index contributed by atoms with van der Waals surface area (Å²) >= 11 is 0. The lowest BCUT2D eigenvalue weighted by atomic mass is 9.93. The summed E-state index contributed by atoms with van der Waals surface area (Å²) in [6.45, 7) is 9.15. The topological polar surface area (TPSA) is 68.5 Å². The van der Waals surface area contributed by atoms with Gasteiger partial charge in [-0.05, 0) is 36.8 Å². The molecule has 0 aliphatic rings. The first-order valence-corrected chi connectivity index (χ1v) is 10.7. The SMILES string of the molecule is CCCCCCNC(=O)c1cc(-c2ccc(OC)cc2)nc2cc(C(C)(C)C)nn12. The molecule has 1 aromatic carbocycles. The Morgan fingerprint density at radius 2 is 1.83 bits per heavy atom. The van der Waals surface area contributed by atoms with Crippen LogP contribution in [0.4, 0.5) is 0 Å². The second-order valence-corrected chi connectivity index (χ2v) is 8.62. The summed E-state index contributed by atoms with van der Waals surface area (Å²) in [7, 11) is 1.64. The van der Waals surface area contributed by atoms with E-state index in [1.54, 1.807) is 11.6 Å². The van der Waals surface area contributed by atoms with Gasteiger partial charge in [-0.1, -0.05) is 47.0 Å². The van der Waals surface area contributed by atoms with Crippen molar-refractivity contribution in [3.05, 3.63) is 47.8 Å². The lowest BCUT2D eigenvalue weighted by Crippen LogP contribution is -2.27. The van der Waals surface area contributed by atoms with Crippen LogP contribution in [0.25, 0.3) is 16.9 Å². The van der Waals surface area contributed by atoms with Gasteiger partial charge in [0.05, 0.1) is 18.5 Å². The summed E-state index contributed by atoms with van der Waals surface area (Å²) in [5.41, 5.74) is 3.59. The monoisotopic (exact) mass is 408 g/mol. The second-order valence-electron chi connectivity index (χ2n) is 8.62. The van der Waals surface area contributed by atoms with E-state index in [9.17, 15) is 4.79 Å². The summed E-state index contributed by atoms with van der Waals surface area (Å²) in [5, 5.41) is 7.75. The number of carbonyl (C=O) groups is 1. The van der Waals surface area contributed by atoms with Gasteiger partial charge in [0.25, 0.3) is 5.91 Å². The molecule has 6 nitrogen and oxygen atoms in total. The number of fused-ring (bicyclic) bond motifs is 1. The molecular weight excluding hydrogens is 376 g/mol. The predicted molar refractivity (Wildman–Crippen MR) is 120 cm³/mol. The number of unbranched alkanes of at least 4 members (excludes halogenated alkanes) is 3. The highest BCUT2D eigenvalue weighted by Crippen LogP contribution is 2.26. The molecule has 0 unspecified atom stereocenters. The number of methoxy groups -OCH3 is 1. The predicted octanol–water partition coefficient (Wildman–Crippen LogP) is 5.01. The van der Waals surface area contributed by atoms with Gasteiger partial charge in [-0.15, -0.1) is 0 Å². The molecule has 0 aliphatic heterocycles. The molecule has 0 radical (unpaired) electrons. The van der Waals surface area contributed by atoms with Crippen LogP contribution in [-0.2, 0) is 5.41 Å². The average molecular weight is 409 g/mol. The highest BCUT2D eigenvalue weighted by atomic mass is 16.5. The van der Waals surface area contributed by atoms with E-state index < -0.39 is 0 Å². The minimum Gasteiger partial charge on any atom is -0.497 e. The summed E-state index contributed by atoms with van der Waals surface area (Å²) in [6.07, 6.45) is 4.46. The van der Waals surface area contributed by atoms with Gasteiger partial charge in [0.2, 0.25) is 0 Å². The van der Waals surface area contributed by atoms with Gasteiger partial charge in [-0.25, -0.2) is 9.50 Å². The lowest BCUT2D eigenvalue weighted by molar-refractivity contribution is 0.0945. The molecule has 0 atom stereocenters. The molecule has 1 N–H and O–H groups in total. The quantitative estimate of drug-likeness (QED) is 0.532. The van der Waals surface area contributed by atoms with Crippen molar-refractivity contribution >= 4 is 11.6 Å². The first-order valence-electron chi connectivity index (χ1n) is 10.7. The third kappa shape index (κ3) is 4.99. The van der Waals surface area contributed by atoms with E-state index in [-0.39, 0.29) is 11.3 Å². The third-order valence-electron chi connectivity index (χ3n) is 5.13. The first kappa shape index (κ1) is 21.8. The van der Waals surface area contributed by atoms with Crippen LogP contribution >= 0.6 is 0 Å². The molecule has 0 spiro atoms. The number of benzene rings is 1. The molecule has 0 saturated carbocycles. The number of nitrogens with one attached hydrogen (secondary N) is 1. The Morgan fingerprint density at radius 1 is 1.10 bits per heavy atom. The number of aromatic nitrogens is 3. The summed E-state index contributed by atoms with van der Waals surface area (Å²) in [4.78, 5) is 17.8. The minimum atomic E-state index is -0.137. The second kappa shape index (κ2) is 9.28. The molecule has 0 fully saturated rings. The fourth-order valence-corrected chi connectivity index (χ4v) is 3.26. The maximum atomic E-state index is 13.0. The van der Waals surface area contributed by atoms with E-state index in [1.165, 1.54) is 12.8 Å². The van der Waals surface area contributed by atoms with E-state index in [2.05, 4.69) is 33.0 Å². The smallest absolute Gasteiger partial charge is 0.270 e. The van der Waals surface area contributed by atoms with Crippen molar-refractivity contribution in [1.82, 2.24) is 19.9 Å². The summed E-state index contributed by atoms with van der Waals surface area (Å²) < 4.78 is 6.91. The number of rotatable bonds is 8. The van der Waals surface area contributed by atoms with Gasteiger partial charge in [0.1, 0.15) is 11.4 Å². The zero-order valence-electron chi connectivity index (χ0n) is 18.7. The van der Waals surface area contributed by atoms with E-state index in [0.717, 1.165) is 35.5 Å². The molecule has 6 heteroatoms. The Hall–Kier alpha value is -2.89. The van der Waals surface area contributed by atoms with Crippen LogP contribution < -0.4 is 10.1 Å². The van der Waals surface area contributed by atoms with Crippen molar-refractivity contribution in [2.45, 2.75) is 58.8 Å². The zero-order chi connectivity index (χ0) is 21.7. The molecule has 30 heavy (non-hydrogen) atoms. The van der Waals surface area contributed by atoms with Crippen molar-refractivity contribution in [2.75, 3.05) is 13.7 Å². The Balaban J connectivity index is 1.98. The molecule has 0 saturated heterocycles. The van der Waals surface area contributed by atoms with E-state index in [1.807, 2.05) is 36.4 Å². The van der Waals surface area contributed by atoms with Gasteiger partial charge in [0, 0.05) is 23.6 Å². The van der Waals surface area contributed by atoms with Crippen LogP contribution in [0.15, 0.2) is 36.4 Å². The molecule has 0 bridgehead atoms. The Kier molecular flexibility index (Phi) is 6.75. The maximum Gasteiger partial charge on any atom is 0.270 e. The van der Waals surface area contributed by atoms with Crippen molar-refractivity contribution in [3.63, 3.8) is 0 Å². The number of nitrogens with zero attached hydrogens (tertiary/aromatic N) is 3. The molecule has 3 aromatic rings. The first-order chi connectivity index (χ1) is 14.3. The Bertz CT molecular complexity index is 1000. The molecule has 3 rings (SSSR count). The van der Waals surface area contributed by atoms with Crippen LogP contribution in [-0.4, -0.2) is 34.2 Å². The van der Waals surface area contributed by atoms with Gasteiger partial charge < -0.3 is 10.1 Å². The zero-order valence-corrected chi connectivity index (χ0v) is 18.7. The van der Waals surface area contributed by atoms with Crippen LogP contribution in [0.5, 0.6) is 5.75 Å². The number of hydrogen-bond acceptors (Lipinski definition) is 4. The standard InChI is InChI=1S/C24H32N4O2/c1-6-7-8-9-14-25-23(29)20-15-19(17-10-12-18(30-5)13-11-17)26-22-16-21(24(2,3)4)27-28(20)22/h10-13,15-16H,6-9,14H2,1-5H3,(H,25,29). The van der Waals surface area contributed by atoms with Crippen LogP contribution in [0.2, 0.25) is 0 Å². The average Bonchev–Trinajstić information content (AvgIpc) is 3.17. The molecule has 2 heterocycles. The largest absolute Gasteiger partial charge is 0.497 e. The van der Waals surface area contributed by atoms with Crippen molar-refractivity contribution in [2.24, 2.45) is 0 Å². The van der Waals surface area contributed by atoms with Crippen LogP contribution in [0.1, 0.15) is 69.6 Å². The summed E-state index contributed by atoms with van der Waals surface area (Å²) in [6, 6.07) is 11.5. The minimum absolute atomic E-state index is 0.128. The molecular formula is C24H32N4O2. The fourth-order valence-electron chi connectivity index (χ4n) is 3.26. The molecule has 1 amide bonds. The van der Waals surface area contributed by atoms with E-state index in [4.69, 9.17) is 14.8 Å². The summed E-state index contributed by atoms with van der Waals surface area (Å²) in [5.74, 6) is 0.654. The van der Waals surface area contributed by atoms with Crippen molar-refractivity contribution < 1.29 is 9.53 Å². The Labute approximate surface area is 178 Å². The number of carbonyl (C=O) groups excluding carboxylic acids is 1.